The molecule has 2 heterocycles. The first kappa shape index (κ1) is 17.7. The monoisotopic (exact) mass is 345 g/mol. The average molecular weight is 345 g/mol. The van der Waals surface area contributed by atoms with Gasteiger partial charge in [0, 0.05) is 43.9 Å². The van der Waals surface area contributed by atoms with Gasteiger partial charge in [0.15, 0.2) is 6.61 Å². The van der Waals surface area contributed by atoms with Crippen LogP contribution in [0.4, 0.5) is 5.69 Å². The van der Waals surface area contributed by atoms with E-state index in [1.54, 1.807) is 4.90 Å². The molecular weight excluding hydrogens is 318 g/mol. The van der Waals surface area contributed by atoms with Crippen molar-refractivity contribution in [3.63, 3.8) is 0 Å². The predicted molar refractivity (Wildman–Crippen MR) is 96.5 cm³/mol. The number of nitrogens with zero attached hydrogens (tertiary/aromatic N) is 2. The molecule has 2 amide bonds. The minimum absolute atomic E-state index is 0.00648. The zero-order valence-corrected chi connectivity index (χ0v) is 14.8. The highest BCUT2D eigenvalue weighted by Crippen LogP contribution is 2.25. The van der Waals surface area contributed by atoms with Gasteiger partial charge >= 0.3 is 0 Å². The van der Waals surface area contributed by atoms with Crippen LogP contribution in [-0.4, -0.2) is 49.0 Å². The minimum atomic E-state index is -0.00648. The predicted octanol–water partition coefficient (Wildman–Crippen LogP) is 1.78. The summed E-state index contributed by atoms with van der Waals surface area (Å²) in [6, 6.07) is 7.51. The zero-order chi connectivity index (χ0) is 17.8. The first-order valence-corrected chi connectivity index (χ1v) is 9.11. The van der Waals surface area contributed by atoms with Gasteiger partial charge in [-0.05, 0) is 44.2 Å². The van der Waals surface area contributed by atoms with Crippen molar-refractivity contribution in [3.8, 4) is 5.75 Å². The molecule has 136 valence electrons. The van der Waals surface area contributed by atoms with Crippen LogP contribution in [0.1, 0.15) is 32.6 Å². The third-order valence-corrected chi connectivity index (χ3v) is 5.12. The molecule has 2 atom stereocenters. The summed E-state index contributed by atoms with van der Waals surface area (Å²) in [7, 11) is 0. The van der Waals surface area contributed by atoms with E-state index in [1.165, 1.54) is 0 Å². The topological polar surface area (TPSA) is 75.9 Å². The summed E-state index contributed by atoms with van der Waals surface area (Å²) in [5.41, 5.74) is 6.82. The Hall–Kier alpha value is -2.08. The van der Waals surface area contributed by atoms with Crippen LogP contribution in [0.15, 0.2) is 24.3 Å². The van der Waals surface area contributed by atoms with Gasteiger partial charge in [0.05, 0.1) is 0 Å². The number of nitrogens with two attached hydrogens (primary N) is 1. The van der Waals surface area contributed by atoms with Crippen molar-refractivity contribution in [3.05, 3.63) is 24.3 Å². The fraction of sp³-hybridized carbons (Fsp3) is 0.579. The maximum absolute atomic E-state index is 12.4. The molecule has 2 N–H and O–H groups in total. The van der Waals surface area contributed by atoms with Crippen LogP contribution < -0.4 is 15.4 Å². The molecular formula is C19H27N3O3. The number of hydrogen-bond acceptors (Lipinski definition) is 4. The number of carbonyl (C=O) groups excluding carboxylic acids is 2. The normalized spacial score (nSPS) is 22.2. The molecule has 2 aliphatic heterocycles. The highest BCUT2D eigenvalue weighted by atomic mass is 16.5. The van der Waals surface area contributed by atoms with Crippen LogP contribution in [0.25, 0.3) is 0 Å². The summed E-state index contributed by atoms with van der Waals surface area (Å²) in [6.07, 6.45) is 3.55. The Labute approximate surface area is 148 Å². The molecule has 0 aliphatic carbocycles. The fourth-order valence-electron chi connectivity index (χ4n) is 3.56. The van der Waals surface area contributed by atoms with Crippen molar-refractivity contribution in [2.45, 2.75) is 38.6 Å². The molecule has 2 fully saturated rings. The zero-order valence-electron chi connectivity index (χ0n) is 14.8. The lowest BCUT2D eigenvalue weighted by Gasteiger charge is -2.34. The van der Waals surface area contributed by atoms with Gasteiger partial charge in [0.2, 0.25) is 5.91 Å². The number of amides is 2. The highest BCUT2D eigenvalue weighted by Gasteiger charge is 2.26. The number of benzene rings is 1. The Balaban J connectivity index is 1.56. The van der Waals surface area contributed by atoms with E-state index in [4.69, 9.17) is 10.5 Å². The van der Waals surface area contributed by atoms with Crippen molar-refractivity contribution in [2.24, 2.45) is 11.7 Å². The summed E-state index contributed by atoms with van der Waals surface area (Å²) < 4.78 is 5.69. The second kappa shape index (κ2) is 7.87. The molecule has 0 spiro atoms. The minimum Gasteiger partial charge on any atom is -0.484 e. The van der Waals surface area contributed by atoms with Crippen LogP contribution in [0.3, 0.4) is 0 Å². The van der Waals surface area contributed by atoms with Gasteiger partial charge in [-0.2, -0.15) is 0 Å². The van der Waals surface area contributed by atoms with Crippen LogP contribution in [-0.2, 0) is 9.59 Å². The van der Waals surface area contributed by atoms with Gasteiger partial charge in [-0.25, -0.2) is 0 Å². The molecule has 6 nitrogen and oxygen atoms in total. The molecule has 0 aromatic heterocycles. The molecule has 25 heavy (non-hydrogen) atoms. The van der Waals surface area contributed by atoms with Crippen LogP contribution >= 0.6 is 0 Å². The van der Waals surface area contributed by atoms with E-state index in [2.05, 4.69) is 0 Å². The molecule has 6 heteroatoms. The van der Waals surface area contributed by atoms with E-state index in [1.807, 2.05) is 36.1 Å². The van der Waals surface area contributed by atoms with Crippen molar-refractivity contribution < 1.29 is 14.3 Å². The molecule has 0 bridgehead atoms. The lowest BCUT2D eigenvalue weighted by Crippen LogP contribution is -2.46. The first-order valence-electron chi connectivity index (χ1n) is 9.11. The quantitative estimate of drug-likeness (QED) is 0.882. The lowest BCUT2D eigenvalue weighted by molar-refractivity contribution is -0.135. The Morgan fingerprint density at radius 3 is 2.92 bits per heavy atom. The van der Waals surface area contributed by atoms with E-state index >= 15 is 0 Å². The number of carbonyl (C=O) groups is 2. The van der Waals surface area contributed by atoms with E-state index in [-0.39, 0.29) is 24.5 Å². The molecule has 2 unspecified atom stereocenters. The van der Waals surface area contributed by atoms with Gasteiger partial charge in [-0.3, -0.25) is 9.59 Å². The number of piperidine rings is 1. The fourth-order valence-corrected chi connectivity index (χ4v) is 3.56. The molecule has 2 saturated heterocycles. The number of anilines is 1. The number of rotatable bonds is 5. The molecule has 0 radical (unpaired) electrons. The Kier molecular flexibility index (Phi) is 5.58. The maximum Gasteiger partial charge on any atom is 0.260 e. The number of ether oxygens (including phenoxy) is 1. The van der Waals surface area contributed by atoms with Crippen molar-refractivity contribution in [1.29, 1.82) is 0 Å². The van der Waals surface area contributed by atoms with Crippen molar-refractivity contribution in [2.75, 3.05) is 31.1 Å². The molecule has 1 aromatic rings. The first-order chi connectivity index (χ1) is 12.0. The number of hydrogen-bond donors (Lipinski definition) is 1. The van der Waals surface area contributed by atoms with Gasteiger partial charge in [0.1, 0.15) is 5.75 Å². The molecule has 0 saturated carbocycles. The van der Waals surface area contributed by atoms with E-state index in [0.29, 0.717) is 24.6 Å². The lowest BCUT2D eigenvalue weighted by atomic mass is 9.92. The average Bonchev–Trinajstić information content (AvgIpc) is 3.06. The summed E-state index contributed by atoms with van der Waals surface area (Å²) in [4.78, 5) is 27.9. The second-order valence-electron chi connectivity index (χ2n) is 7.04. The molecule has 2 aliphatic rings. The summed E-state index contributed by atoms with van der Waals surface area (Å²) in [6.45, 7) is 4.24. The maximum atomic E-state index is 12.4. The smallest absolute Gasteiger partial charge is 0.260 e. The van der Waals surface area contributed by atoms with Crippen molar-refractivity contribution >= 4 is 17.5 Å². The van der Waals surface area contributed by atoms with Gasteiger partial charge < -0.3 is 20.3 Å². The van der Waals surface area contributed by atoms with Gasteiger partial charge in [0.25, 0.3) is 5.91 Å². The van der Waals surface area contributed by atoms with Gasteiger partial charge in [-0.1, -0.05) is 6.07 Å². The second-order valence-corrected chi connectivity index (χ2v) is 7.04. The van der Waals surface area contributed by atoms with Crippen LogP contribution in [0.2, 0.25) is 0 Å². The highest BCUT2D eigenvalue weighted by molar-refractivity contribution is 5.95. The van der Waals surface area contributed by atoms with E-state index < -0.39 is 0 Å². The Morgan fingerprint density at radius 2 is 2.20 bits per heavy atom. The van der Waals surface area contributed by atoms with Crippen molar-refractivity contribution in [1.82, 2.24) is 4.90 Å². The van der Waals surface area contributed by atoms with Crippen LogP contribution in [0, 0.1) is 5.92 Å². The third kappa shape index (κ3) is 4.31. The SMILES string of the molecule is CC(N)C1CCCN(C(=O)COc2cccc(N3CCCC3=O)c2)C1. The van der Waals surface area contributed by atoms with E-state index in [0.717, 1.165) is 38.0 Å². The Morgan fingerprint density at radius 1 is 1.36 bits per heavy atom. The largest absolute Gasteiger partial charge is 0.484 e. The molecule has 1 aromatic carbocycles. The van der Waals surface area contributed by atoms with Crippen LogP contribution in [0.5, 0.6) is 5.75 Å². The third-order valence-electron chi connectivity index (χ3n) is 5.12. The summed E-state index contributed by atoms with van der Waals surface area (Å²) in [5, 5.41) is 0. The number of likely N-dealkylation sites (tertiary alicyclic amines) is 1. The Bertz CT molecular complexity index is 632. The molecule has 3 rings (SSSR count). The van der Waals surface area contributed by atoms with E-state index in [9.17, 15) is 9.59 Å². The summed E-state index contributed by atoms with van der Waals surface area (Å²) in [5.74, 6) is 1.12. The summed E-state index contributed by atoms with van der Waals surface area (Å²) >= 11 is 0. The standard InChI is InChI=1S/C19H27N3O3/c1-14(20)15-5-3-9-21(12-15)19(24)13-25-17-7-2-6-16(11-17)22-10-4-8-18(22)23/h2,6-7,11,14-15H,3-5,8-10,12-13,20H2,1H3. The van der Waals surface area contributed by atoms with Gasteiger partial charge in [-0.15, -0.1) is 0 Å².